The summed E-state index contributed by atoms with van der Waals surface area (Å²) in [4.78, 5) is 11.1. The summed E-state index contributed by atoms with van der Waals surface area (Å²) in [6.45, 7) is 1.80. The number of aromatic nitrogens is 3. The molecule has 0 atom stereocenters. The van der Waals surface area contributed by atoms with Crippen molar-refractivity contribution >= 4 is 11.1 Å². The SMILES string of the molecule is Cc1nc2ccc(-c3[nH]cnc3C#N)cc2o1. The molecule has 2 heterocycles. The highest BCUT2D eigenvalue weighted by Gasteiger charge is 2.10. The molecule has 1 aromatic carbocycles. The summed E-state index contributed by atoms with van der Waals surface area (Å²) >= 11 is 0. The Balaban J connectivity index is 2.21. The monoisotopic (exact) mass is 224 g/mol. The molecule has 3 rings (SSSR count). The summed E-state index contributed by atoms with van der Waals surface area (Å²) in [5.74, 6) is 0.627. The van der Waals surface area contributed by atoms with Gasteiger partial charge in [-0.05, 0) is 12.1 Å². The topological polar surface area (TPSA) is 78.5 Å². The first-order chi connectivity index (χ1) is 8.28. The number of nitrogens with one attached hydrogen (secondary N) is 1. The Hall–Kier alpha value is -2.61. The summed E-state index contributed by atoms with van der Waals surface area (Å²) in [6.07, 6.45) is 1.50. The highest BCUT2D eigenvalue weighted by Crippen LogP contribution is 2.25. The Labute approximate surface area is 96.7 Å². The number of aromatic amines is 1. The summed E-state index contributed by atoms with van der Waals surface area (Å²) in [5, 5.41) is 8.92. The van der Waals surface area contributed by atoms with Crippen LogP contribution >= 0.6 is 0 Å². The van der Waals surface area contributed by atoms with Crippen molar-refractivity contribution in [1.82, 2.24) is 15.0 Å². The van der Waals surface area contributed by atoms with Gasteiger partial charge < -0.3 is 9.40 Å². The zero-order valence-corrected chi connectivity index (χ0v) is 9.06. The van der Waals surface area contributed by atoms with Crippen LogP contribution in [0.3, 0.4) is 0 Å². The van der Waals surface area contributed by atoms with Crippen molar-refractivity contribution in [3.63, 3.8) is 0 Å². The third-order valence-electron chi connectivity index (χ3n) is 2.53. The van der Waals surface area contributed by atoms with E-state index in [1.54, 1.807) is 6.92 Å². The molecule has 3 aromatic rings. The summed E-state index contributed by atoms with van der Waals surface area (Å²) in [7, 11) is 0. The second kappa shape index (κ2) is 3.46. The largest absolute Gasteiger partial charge is 0.441 e. The van der Waals surface area contributed by atoms with E-state index in [0.717, 1.165) is 11.1 Å². The molecule has 0 aliphatic carbocycles. The highest BCUT2D eigenvalue weighted by molar-refractivity contribution is 5.80. The Bertz CT molecular complexity index is 732. The van der Waals surface area contributed by atoms with Crippen LogP contribution in [0, 0.1) is 18.3 Å². The molecule has 0 unspecified atom stereocenters. The van der Waals surface area contributed by atoms with Crippen molar-refractivity contribution in [2.24, 2.45) is 0 Å². The van der Waals surface area contributed by atoms with Crippen LogP contribution in [0.1, 0.15) is 11.6 Å². The fraction of sp³-hybridized carbons (Fsp3) is 0.0833. The van der Waals surface area contributed by atoms with Crippen LogP contribution in [-0.4, -0.2) is 15.0 Å². The minimum atomic E-state index is 0.376. The number of aryl methyl sites for hydroxylation is 1. The van der Waals surface area contributed by atoms with Crippen molar-refractivity contribution in [3.05, 3.63) is 36.1 Å². The minimum Gasteiger partial charge on any atom is -0.441 e. The number of nitriles is 1. The molecular weight excluding hydrogens is 216 g/mol. The van der Waals surface area contributed by atoms with Crippen LogP contribution in [0.5, 0.6) is 0 Å². The molecule has 0 spiro atoms. The van der Waals surface area contributed by atoms with Crippen molar-refractivity contribution in [1.29, 1.82) is 5.26 Å². The predicted molar refractivity (Wildman–Crippen MR) is 61.0 cm³/mol. The lowest BCUT2D eigenvalue weighted by atomic mass is 10.1. The van der Waals surface area contributed by atoms with Gasteiger partial charge in [0.2, 0.25) is 0 Å². The van der Waals surface area contributed by atoms with Crippen LogP contribution in [-0.2, 0) is 0 Å². The van der Waals surface area contributed by atoms with Crippen LogP contribution < -0.4 is 0 Å². The van der Waals surface area contributed by atoms with Crippen molar-refractivity contribution in [2.75, 3.05) is 0 Å². The molecule has 17 heavy (non-hydrogen) atoms. The fourth-order valence-corrected chi connectivity index (χ4v) is 1.79. The summed E-state index contributed by atoms with van der Waals surface area (Å²) in [6, 6.07) is 7.64. The van der Waals surface area contributed by atoms with Crippen molar-refractivity contribution < 1.29 is 4.42 Å². The predicted octanol–water partition coefficient (Wildman–Crippen LogP) is 2.40. The first kappa shape index (κ1) is 9.60. The molecule has 0 bridgehead atoms. The van der Waals surface area contributed by atoms with Crippen LogP contribution in [0.15, 0.2) is 28.9 Å². The first-order valence-corrected chi connectivity index (χ1v) is 5.09. The molecule has 0 amide bonds. The van der Waals surface area contributed by atoms with Gasteiger partial charge in [0.25, 0.3) is 0 Å². The third-order valence-corrected chi connectivity index (χ3v) is 2.53. The summed E-state index contributed by atoms with van der Waals surface area (Å²) < 4.78 is 5.45. The van der Waals surface area contributed by atoms with Gasteiger partial charge in [-0.25, -0.2) is 9.97 Å². The average Bonchev–Trinajstić information content (AvgIpc) is 2.91. The Morgan fingerprint density at radius 3 is 3.12 bits per heavy atom. The normalized spacial score (nSPS) is 10.6. The van der Waals surface area contributed by atoms with Crippen LogP contribution in [0.2, 0.25) is 0 Å². The molecule has 0 aliphatic rings. The number of rotatable bonds is 1. The number of H-pyrrole nitrogens is 1. The van der Waals surface area contributed by atoms with Gasteiger partial charge in [-0.1, -0.05) is 6.07 Å². The van der Waals surface area contributed by atoms with E-state index in [4.69, 9.17) is 9.68 Å². The van der Waals surface area contributed by atoms with E-state index < -0.39 is 0 Å². The number of hydrogen-bond donors (Lipinski definition) is 1. The molecular formula is C12H8N4O. The van der Waals surface area contributed by atoms with Crippen LogP contribution in [0.25, 0.3) is 22.4 Å². The molecule has 82 valence electrons. The lowest BCUT2D eigenvalue weighted by Gasteiger charge is -1.97. The molecule has 0 saturated carbocycles. The van der Waals surface area contributed by atoms with Gasteiger partial charge in [0.1, 0.15) is 11.6 Å². The lowest BCUT2D eigenvalue weighted by Crippen LogP contribution is -1.82. The molecule has 0 radical (unpaired) electrons. The maximum atomic E-state index is 8.92. The lowest BCUT2D eigenvalue weighted by molar-refractivity contribution is 0.561. The molecule has 0 fully saturated rings. The standard InChI is InChI=1S/C12H8N4O/c1-7-16-9-3-2-8(4-11(9)17-7)12-10(5-13)14-6-15-12/h2-4,6H,1H3,(H,14,15). The molecule has 2 aromatic heterocycles. The van der Waals surface area contributed by atoms with Gasteiger partial charge in [-0.15, -0.1) is 0 Å². The summed E-state index contributed by atoms with van der Waals surface area (Å²) in [5.41, 5.74) is 3.45. The smallest absolute Gasteiger partial charge is 0.192 e. The van der Waals surface area contributed by atoms with Gasteiger partial charge in [0, 0.05) is 12.5 Å². The van der Waals surface area contributed by atoms with Gasteiger partial charge in [-0.2, -0.15) is 5.26 Å². The number of fused-ring (bicyclic) bond motifs is 1. The Morgan fingerprint density at radius 1 is 1.41 bits per heavy atom. The first-order valence-electron chi connectivity index (χ1n) is 5.09. The molecule has 0 saturated heterocycles. The number of nitrogens with zero attached hydrogens (tertiary/aromatic N) is 3. The van der Waals surface area contributed by atoms with Gasteiger partial charge in [-0.3, -0.25) is 0 Å². The fourth-order valence-electron chi connectivity index (χ4n) is 1.79. The van der Waals surface area contributed by atoms with E-state index in [0.29, 0.717) is 22.9 Å². The van der Waals surface area contributed by atoms with E-state index in [-0.39, 0.29) is 0 Å². The van der Waals surface area contributed by atoms with E-state index in [2.05, 4.69) is 15.0 Å². The average molecular weight is 224 g/mol. The number of benzene rings is 1. The maximum absolute atomic E-state index is 8.92. The number of hydrogen-bond acceptors (Lipinski definition) is 4. The molecule has 5 heteroatoms. The van der Waals surface area contributed by atoms with Gasteiger partial charge in [0.05, 0.1) is 12.0 Å². The van der Waals surface area contributed by atoms with Gasteiger partial charge >= 0.3 is 0 Å². The van der Waals surface area contributed by atoms with E-state index in [1.165, 1.54) is 6.33 Å². The van der Waals surface area contributed by atoms with Crippen molar-refractivity contribution in [3.8, 4) is 17.3 Å². The number of imidazole rings is 1. The molecule has 5 nitrogen and oxygen atoms in total. The minimum absolute atomic E-state index is 0.376. The quantitative estimate of drug-likeness (QED) is 0.688. The number of oxazole rings is 1. The maximum Gasteiger partial charge on any atom is 0.192 e. The van der Waals surface area contributed by atoms with Crippen molar-refractivity contribution in [2.45, 2.75) is 6.92 Å². The van der Waals surface area contributed by atoms with Crippen LogP contribution in [0.4, 0.5) is 0 Å². The second-order valence-corrected chi connectivity index (χ2v) is 3.65. The molecule has 1 N–H and O–H groups in total. The molecule has 0 aliphatic heterocycles. The highest BCUT2D eigenvalue weighted by atomic mass is 16.3. The third kappa shape index (κ3) is 1.47. The Morgan fingerprint density at radius 2 is 2.29 bits per heavy atom. The van der Waals surface area contributed by atoms with E-state index in [9.17, 15) is 0 Å². The zero-order valence-electron chi connectivity index (χ0n) is 9.06. The van der Waals surface area contributed by atoms with E-state index >= 15 is 0 Å². The Kier molecular flexibility index (Phi) is 1.95. The van der Waals surface area contributed by atoms with Gasteiger partial charge in [0.15, 0.2) is 17.2 Å². The second-order valence-electron chi connectivity index (χ2n) is 3.65. The zero-order chi connectivity index (χ0) is 11.8. The van der Waals surface area contributed by atoms with E-state index in [1.807, 2.05) is 24.3 Å².